The fraction of sp³-hybridized carbons (Fsp3) is 0.0833. The number of hydrogen-bond acceptors (Lipinski definition) is 5. The Morgan fingerprint density at radius 2 is 2.20 bits per heavy atom. The third-order valence-corrected chi connectivity index (χ3v) is 3.05. The Morgan fingerprint density at radius 1 is 1.35 bits per heavy atom. The van der Waals surface area contributed by atoms with Crippen molar-refractivity contribution < 1.29 is 4.79 Å². The lowest BCUT2D eigenvalue weighted by Gasteiger charge is -2.08. The Labute approximate surface area is 122 Å². The first kappa shape index (κ1) is 12.7. The molecule has 0 atom stereocenters. The molecule has 0 saturated carbocycles. The van der Waals surface area contributed by atoms with Gasteiger partial charge in [0.2, 0.25) is 11.9 Å². The van der Waals surface area contributed by atoms with Gasteiger partial charge in [0.05, 0.1) is 5.52 Å². The largest absolute Gasteiger partial charge is 0.295 e. The molecule has 2 heterocycles. The summed E-state index contributed by atoms with van der Waals surface area (Å²) >= 11 is 3.42. The van der Waals surface area contributed by atoms with Crippen molar-refractivity contribution >= 4 is 38.7 Å². The standard InChI is InChI=1S/C12H9BrN6O/c1-7(20)16-12-17-10-3-2-8(13)4-9(10)11(18-12)19-6-14-5-15-19/h2-6H,1H3,(H,16,17,18,20). The molecule has 0 aliphatic rings. The number of amides is 1. The third-order valence-electron chi connectivity index (χ3n) is 2.56. The van der Waals surface area contributed by atoms with E-state index in [-0.39, 0.29) is 11.9 Å². The van der Waals surface area contributed by atoms with Crippen LogP contribution in [0.1, 0.15) is 6.92 Å². The fourth-order valence-corrected chi connectivity index (χ4v) is 2.15. The lowest BCUT2D eigenvalue weighted by molar-refractivity contribution is -0.114. The molecule has 20 heavy (non-hydrogen) atoms. The molecule has 0 unspecified atom stereocenters. The van der Waals surface area contributed by atoms with E-state index in [1.165, 1.54) is 17.9 Å². The van der Waals surface area contributed by atoms with Crippen LogP contribution in [0.2, 0.25) is 0 Å². The first-order valence-corrected chi connectivity index (χ1v) is 6.52. The normalized spacial score (nSPS) is 10.7. The number of anilines is 1. The van der Waals surface area contributed by atoms with Gasteiger partial charge in [-0.25, -0.2) is 14.6 Å². The molecule has 100 valence electrons. The van der Waals surface area contributed by atoms with Crippen molar-refractivity contribution in [3.05, 3.63) is 35.3 Å². The summed E-state index contributed by atoms with van der Waals surface area (Å²) in [7, 11) is 0. The number of carbonyl (C=O) groups is 1. The van der Waals surface area contributed by atoms with Gasteiger partial charge in [-0.2, -0.15) is 10.1 Å². The van der Waals surface area contributed by atoms with Gasteiger partial charge in [-0.05, 0) is 18.2 Å². The number of nitrogens with one attached hydrogen (secondary N) is 1. The Kier molecular flexibility index (Phi) is 3.15. The van der Waals surface area contributed by atoms with Gasteiger partial charge in [-0.15, -0.1) is 0 Å². The molecule has 1 amide bonds. The summed E-state index contributed by atoms with van der Waals surface area (Å²) in [5.41, 5.74) is 0.706. The van der Waals surface area contributed by atoms with Crippen molar-refractivity contribution in [3.8, 4) is 5.82 Å². The van der Waals surface area contributed by atoms with Crippen molar-refractivity contribution in [2.24, 2.45) is 0 Å². The number of carbonyl (C=O) groups excluding carboxylic acids is 1. The summed E-state index contributed by atoms with van der Waals surface area (Å²) in [6, 6.07) is 5.61. The zero-order valence-corrected chi connectivity index (χ0v) is 12.0. The second kappa shape index (κ2) is 4.97. The maximum Gasteiger partial charge on any atom is 0.232 e. The first-order valence-electron chi connectivity index (χ1n) is 5.73. The van der Waals surface area contributed by atoms with Crippen LogP contribution in [0, 0.1) is 0 Å². The minimum absolute atomic E-state index is 0.231. The molecule has 0 saturated heterocycles. The van der Waals surface area contributed by atoms with E-state index in [1.54, 1.807) is 6.33 Å². The minimum Gasteiger partial charge on any atom is -0.295 e. The molecule has 8 heteroatoms. The lowest BCUT2D eigenvalue weighted by Crippen LogP contribution is -2.11. The van der Waals surface area contributed by atoms with Crippen LogP contribution in [0.4, 0.5) is 5.95 Å². The molecule has 0 radical (unpaired) electrons. The molecule has 1 N–H and O–H groups in total. The third kappa shape index (κ3) is 2.37. The maximum atomic E-state index is 11.2. The SMILES string of the molecule is CC(=O)Nc1nc(-n2cncn2)c2cc(Br)ccc2n1. The monoisotopic (exact) mass is 332 g/mol. The van der Waals surface area contributed by atoms with Crippen molar-refractivity contribution in [2.75, 3.05) is 5.32 Å². The molecule has 0 aliphatic carbocycles. The highest BCUT2D eigenvalue weighted by Gasteiger charge is 2.11. The van der Waals surface area contributed by atoms with Crippen LogP contribution < -0.4 is 5.32 Å². The molecule has 3 aromatic rings. The fourth-order valence-electron chi connectivity index (χ4n) is 1.79. The zero-order valence-electron chi connectivity index (χ0n) is 10.4. The summed E-state index contributed by atoms with van der Waals surface area (Å²) < 4.78 is 2.43. The smallest absolute Gasteiger partial charge is 0.232 e. The first-order chi connectivity index (χ1) is 9.63. The van der Waals surface area contributed by atoms with Gasteiger partial charge in [-0.3, -0.25) is 10.1 Å². The van der Waals surface area contributed by atoms with Gasteiger partial charge in [0, 0.05) is 16.8 Å². The van der Waals surface area contributed by atoms with Crippen LogP contribution in [0.3, 0.4) is 0 Å². The van der Waals surface area contributed by atoms with E-state index in [4.69, 9.17) is 0 Å². The van der Waals surface area contributed by atoms with Crippen LogP contribution in [0.25, 0.3) is 16.7 Å². The second-order valence-electron chi connectivity index (χ2n) is 4.05. The molecule has 7 nitrogen and oxygen atoms in total. The van der Waals surface area contributed by atoms with E-state index in [0.717, 1.165) is 9.86 Å². The van der Waals surface area contributed by atoms with E-state index in [1.807, 2.05) is 18.2 Å². The Hall–Kier alpha value is -2.35. The highest BCUT2D eigenvalue weighted by atomic mass is 79.9. The van der Waals surface area contributed by atoms with Gasteiger partial charge in [0.15, 0.2) is 5.82 Å². The second-order valence-corrected chi connectivity index (χ2v) is 4.97. The topological polar surface area (TPSA) is 85.6 Å². The molecule has 0 bridgehead atoms. The molecule has 1 aromatic carbocycles. The van der Waals surface area contributed by atoms with E-state index >= 15 is 0 Å². The van der Waals surface area contributed by atoms with Crippen molar-refractivity contribution in [1.82, 2.24) is 24.7 Å². The molecule has 0 aliphatic heterocycles. The number of nitrogens with zero attached hydrogens (tertiary/aromatic N) is 5. The summed E-state index contributed by atoms with van der Waals surface area (Å²) in [5.74, 6) is 0.557. The summed E-state index contributed by atoms with van der Waals surface area (Å²) in [5, 5.41) is 7.46. The van der Waals surface area contributed by atoms with Gasteiger partial charge in [-0.1, -0.05) is 15.9 Å². The van der Waals surface area contributed by atoms with Gasteiger partial charge in [0.25, 0.3) is 0 Å². The predicted molar refractivity (Wildman–Crippen MR) is 76.5 cm³/mol. The summed E-state index contributed by atoms with van der Waals surface area (Å²) in [6.07, 6.45) is 2.96. The van der Waals surface area contributed by atoms with Gasteiger partial charge >= 0.3 is 0 Å². The zero-order chi connectivity index (χ0) is 14.1. The number of halogens is 1. The minimum atomic E-state index is -0.231. The predicted octanol–water partition coefficient (Wildman–Crippen LogP) is 1.93. The van der Waals surface area contributed by atoms with Crippen LogP contribution in [-0.4, -0.2) is 30.6 Å². The van der Waals surface area contributed by atoms with Crippen molar-refractivity contribution in [3.63, 3.8) is 0 Å². The molecular weight excluding hydrogens is 324 g/mol. The lowest BCUT2D eigenvalue weighted by atomic mass is 10.2. The summed E-state index contributed by atoms with van der Waals surface area (Å²) in [4.78, 5) is 23.7. The van der Waals surface area contributed by atoms with Gasteiger partial charge < -0.3 is 0 Å². The average Bonchev–Trinajstić information content (AvgIpc) is 2.91. The molecule has 3 rings (SSSR count). The van der Waals surface area contributed by atoms with Crippen LogP contribution in [0.5, 0.6) is 0 Å². The van der Waals surface area contributed by atoms with Gasteiger partial charge in [0.1, 0.15) is 12.7 Å². The van der Waals surface area contributed by atoms with Crippen molar-refractivity contribution in [2.45, 2.75) is 6.92 Å². The highest BCUT2D eigenvalue weighted by molar-refractivity contribution is 9.10. The molecular formula is C12H9BrN6O. The molecule has 0 fully saturated rings. The van der Waals surface area contributed by atoms with E-state index in [2.05, 4.69) is 41.3 Å². The van der Waals surface area contributed by atoms with Crippen LogP contribution >= 0.6 is 15.9 Å². The Morgan fingerprint density at radius 3 is 2.90 bits per heavy atom. The number of aromatic nitrogens is 5. The number of fused-ring (bicyclic) bond motifs is 1. The number of benzene rings is 1. The Bertz CT molecular complexity index is 786. The molecule has 0 spiro atoms. The van der Waals surface area contributed by atoms with E-state index in [9.17, 15) is 4.79 Å². The number of hydrogen-bond donors (Lipinski definition) is 1. The van der Waals surface area contributed by atoms with Crippen molar-refractivity contribution in [1.29, 1.82) is 0 Å². The van der Waals surface area contributed by atoms with Crippen LogP contribution in [-0.2, 0) is 4.79 Å². The number of rotatable bonds is 2. The van der Waals surface area contributed by atoms with E-state index in [0.29, 0.717) is 11.3 Å². The highest BCUT2D eigenvalue weighted by Crippen LogP contribution is 2.24. The maximum absolute atomic E-state index is 11.2. The molecule has 2 aromatic heterocycles. The summed E-state index contributed by atoms with van der Waals surface area (Å²) in [6.45, 7) is 1.41. The van der Waals surface area contributed by atoms with Crippen LogP contribution in [0.15, 0.2) is 35.3 Å². The quantitative estimate of drug-likeness (QED) is 0.774. The Balaban J connectivity index is 2.27. The van der Waals surface area contributed by atoms with E-state index < -0.39 is 0 Å². The average molecular weight is 333 g/mol.